The zero-order valence-corrected chi connectivity index (χ0v) is 11.9. The SMILES string of the molecule is CSc1ccccc1OC(c1ccccn1)C(C)N. The van der Waals surface area contributed by atoms with Crippen LogP contribution in [0, 0.1) is 0 Å². The summed E-state index contributed by atoms with van der Waals surface area (Å²) in [6, 6.07) is 13.6. The summed E-state index contributed by atoms with van der Waals surface area (Å²) in [6.45, 7) is 1.93. The second-order valence-corrected chi connectivity index (χ2v) is 5.15. The summed E-state index contributed by atoms with van der Waals surface area (Å²) in [5.41, 5.74) is 6.89. The molecule has 3 nitrogen and oxygen atoms in total. The number of rotatable bonds is 5. The maximum absolute atomic E-state index is 6.08. The normalized spacial score (nSPS) is 13.8. The summed E-state index contributed by atoms with van der Waals surface area (Å²) in [5, 5.41) is 0. The highest BCUT2D eigenvalue weighted by atomic mass is 32.2. The molecule has 1 aromatic carbocycles. The molecule has 100 valence electrons. The average molecular weight is 274 g/mol. The van der Waals surface area contributed by atoms with Crippen molar-refractivity contribution in [2.75, 3.05) is 6.26 Å². The number of benzene rings is 1. The number of aromatic nitrogens is 1. The van der Waals surface area contributed by atoms with Crippen LogP contribution in [-0.4, -0.2) is 17.3 Å². The third-order valence-electron chi connectivity index (χ3n) is 2.78. The van der Waals surface area contributed by atoms with E-state index in [1.54, 1.807) is 18.0 Å². The number of pyridine rings is 1. The smallest absolute Gasteiger partial charge is 0.155 e. The fraction of sp³-hybridized carbons (Fsp3) is 0.267. The van der Waals surface area contributed by atoms with E-state index >= 15 is 0 Å². The van der Waals surface area contributed by atoms with Crippen molar-refractivity contribution < 1.29 is 4.74 Å². The number of nitrogens with zero attached hydrogens (tertiary/aromatic N) is 1. The van der Waals surface area contributed by atoms with Gasteiger partial charge in [-0.25, -0.2) is 0 Å². The van der Waals surface area contributed by atoms with Gasteiger partial charge < -0.3 is 10.5 Å². The summed E-state index contributed by atoms with van der Waals surface area (Å²) in [7, 11) is 0. The first kappa shape index (κ1) is 13.9. The first-order chi connectivity index (χ1) is 9.22. The lowest BCUT2D eigenvalue weighted by atomic mass is 10.1. The maximum Gasteiger partial charge on any atom is 0.155 e. The predicted molar refractivity (Wildman–Crippen MR) is 79.5 cm³/mol. The summed E-state index contributed by atoms with van der Waals surface area (Å²) in [6.07, 6.45) is 3.55. The van der Waals surface area contributed by atoms with Crippen LogP contribution in [0.4, 0.5) is 0 Å². The molecule has 0 amide bonds. The quantitative estimate of drug-likeness (QED) is 0.850. The van der Waals surface area contributed by atoms with E-state index in [0.717, 1.165) is 16.3 Å². The van der Waals surface area contributed by atoms with E-state index < -0.39 is 0 Å². The molecule has 0 radical (unpaired) electrons. The van der Waals surface area contributed by atoms with Crippen molar-refractivity contribution in [3.8, 4) is 5.75 Å². The number of hydrogen-bond acceptors (Lipinski definition) is 4. The Morgan fingerprint density at radius 3 is 2.53 bits per heavy atom. The van der Waals surface area contributed by atoms with Crippen LogP contribution >= 0.6 is 11.8 Å². The van der Waals surface area contributed by atoms with Crippen LogP contribution in [0.1, 0.15) is 18.7 Å². The van der Waals surface area contributed by atoms with E-state index in [1.807, 2.05) is 55.6 Å². The number of thioether (sulfide) groups is 1. The van der Waals surface area contributed by atoms with E-state index in [4.69, 9.17) is 10.5 Å². The molecule has 4 heteroatoms. The molecule has 0 fully saturated rings. The molecule has 0 saturated carbocycles. The van der Waals surface area contributed by atoms with Gasteiger partial charge in [-0.1, -0.05) is 18.2 Å². The molecule has 1 aromatic heterocycles. The largest absolute Gasteiger partial charge is 0.481 e. The van der Waals surface area contributed by atoms with E-state index in [2.05, 4.69) is 4.98 Å². The maximum atomic E-state index is 6.08. The van der Waals surface area contributed by atoms with Crippen molar-refractivity contribution in [3.63, 3.8) is 0 Å². The molecule has 2 unspecified atom stereocenters. The fourth-order valence-electron chi connectivity index (χ4n) is 1.83. The molecule has 0 aliphatic rings. The topological polar surface area (TPSA) is 48.1 Å². The van der Waals surface area contributed by atoms with Gasteiger partial charge in [-0.2, -0.15) is 0 Å². The number of nitrogens with two attached hydrogens (primary N) is 1. The fourth-order valence-corrected chi connectivity index (χ4v) is 2.37. The Morgan fingerprint density at radius 1 is 1.16 bits per heavy atom. The minimum absolute atomic E-state index is 0.134. The lowest BCUT2D eigenvalue weighted by Gasteiger charge is -2.23. The van der Waals surface area contributed by atoms with E-state index in [-0.39, 0.29) is 12.1 Å². The van der Waals surface area contributed by atoms with Crippen LogP contribution in [0.5, 0.6) is 5.75 Å². The number of ether oxygens (including phenoxy) is 1. The number of para-hydroxylation sites is 1. The van der Waals surface area contributed by atoms with Gasteiger partial charge in [-0.05, 0) is 37.4 Å². The molecule has 2 atom stereocenters. The lowest BCUT2D eigenvalue weighted by Crippen LogP contribution is -2.29. The average Bonchev–Trinajstić information content (AvgIpc) is 2.45. The highest BCUT2D eigenvalue weighted by Crippen LogP contribution is 2.31. The molecule has 0 saturated heterocycles. The first-order valence-corrected chi connectivity index (χ1v) is 7.41. The van der Waals surface area contributed by atoms with E-state index in [9.17, 15) is 0 Å². The summed E-state index contributed by atoms with van der Waals surface area (Å²) in [4.78, 5) is 5.44. The van der Waals surface area contributed by atoms with Crippen LogP contribution in [0.3, 0.4) is 0 Å². The standard InChI is InChI=1S/C15H18N2OS/c1-11(16)15(12-7-5-6-10-17-12)18-13-8-3-4-9-14(13)19-2/h3-11,15H,16H2,1-2H3. The Balaban J connectivity index is 2.27. The third-order valence-corrected chi connectivity index (χ3v) is 3.56. The third kappa shape index (κ3) is 3.49. The number of hydrogen-bond donors (Lipinski definition) is 1. The molecule has 2 aromatic rings. The van der Waals surface area contributed by atoms with Crippen molar-refractivity contribution in [1.29, 1.82) is 0 Å². The summed E-state index contributed by atoms with van der Waals surface area (Å²) in [5.74, 6) is 0.850. The molecular weight excluding hydrogens is 256 g/mol. The molecule has 0 aliphatic heterocycles. The van der Waals surface area contributed by atoms with Gasteiger partial charge in [0.25, 0.3) is 0 Å². The molecule has 0 spiro atoms. The van der Waals surface area contributed by atoms with Gasteiger partial charge in [0.1, 0.15) is 5.75 Å². The van der Waals surface area contributed by atoms with Gasteiger partial charge in [0, 0.05) is 17.1 Å². The van der Waals surface area contributed by atoms with Gasteiger partial charge in [-0.15, -0.1) is 11.8 Å². The first-order valence-electron chi connectivity index (χ1n) is 6.18. The lowest BCUT2D eigenvalue weighted by molar-refractivity contribution is 0.171. The van der Waals surface area contributed by atoms with Crippen LogP contribution in [0.2, 0.25) is 0 Å². The Kier molecular flexibility index (Phi) is 4.82. The van der Waals surface area contributed by atoms with Crippen molar-refractivity contribution >= 4 is 11.8 Å². The van der Waals surface area contributed by atoms with Crippen LogP contribution in [0.25, 0.3) is 0 Å². The van der Waals surface area contributed by atoms with Gasteiger partial charge in [0.15, 0.2) is 6.10 Å². The zero-order valence-electron chi connectivity index (χ0n) is 11.1. The van der Waals surface area contributed by atoms with Crippen molar-refractivity contribution in [1.82, 2.24) is 4.98 Å². The van der Waals surface area contributed by atoms with Gasteiger partial charge in [0.2, 0.25) is 0 Å². The van der Waals surface area contributed by atoms with Crippen molar-refractivity contribution in [2.24, 2.45) is 5.73 Å². The Hall–Kier alpha value is -1.52. The summed E-state index contributed by atoms with van der Waals surface area (Å²) >= 11 is 1.66. The molecule has 1 heterocycles. The van der Waals surface area contributed by atoms with Crippen molar-refractivity contribution in [2.45, 2.75) is 24.0 Å². The highest BCUT2D eigenvalue weighted by molar-refractivity contribution is 7.98. The van der Waals surface area contributed by atoms with Crippen molar-refractivity contribution in [3.05, 3.63) is 54.4 Å². The van der Waals surface area contributed by atoms with Gasteiger partial charge >= 0.3 is 0 Å². The van der Waals surface area contributed by atoms with Crippen LogP contribution < -0.4 is 10.5 Å². The molecule has 2 N–H and O–H groups in total. The Labute approximate surface area is 118 Å². The van der Waals surface area contributed by atoms with Gasteiger partial charge in [0.05, 0.1) is 5.69 Å². The van der Waals surface area contributed by atoms with Crippen LogP contribution in [-0.2, 0) is 0 Å². The van der Waals surface area contributed by atoms with E-state index in [1.165, 1.54) is 0 Å². The minimum Gasteiger partial charge on any atom is -0.481 e. The molecule has 19 heavy (non-hydrogen) atoms. The minimum atomic E-state index is -0.241. The second kappa shape index (κ2) is 6.59. The molecule has 0 bridgehead atoms. The Morgan fingerprint density at radius 2 is 1.89 bits per heavy atom. The molecular formula is C15H18N2OS. The molecule has 2 rings (SSSR count). The Bertz CT molecular complexity index is 517. The second-order valence-electron chi connectivity index (χ2n) is 4.30. The van der Waals surface area contributed by atoms with Gasteiger partial charge in [-0.3, -0.25) is 4.98 Å². The summed E-state index contributed by atoms with van der Waals surface area (Å²) < 4.78 is 6.08. The van der Waals surface area contributed by atoms with E-state index in [0.29, 0.717) is 0 Å². The predicted octanol–water partition coefficient (Wildman–Crippen LogP) is 3.27. The molecule has 0 aliphatic carbocycles. The zero-order chi connectivity index (χ0) is 13.7. The van der Waals surface area contributed by atoms with Crippen LogP contribution in [0.15, 0.2) is 53.6 Å². The monoisotopic (exact) mass is 274 g/mol. The highest BCUT2D eigenvalue weighted by Gasteiger charge is 2.20.